The van der Waals surface area contributed by atoms with E-state index in [1.165, 1.54) is 0 Å². The van der Waals surface area contributed by atoms with Gasteiger partial charge in [-0.2, -0.15) is 0 Å². The molecule has 1 aromatic rings. The van der Waals surface area contributed by atoms with Gasteiger partial charge < -0.3 is 10.4 Å². The quantitative estimate of drug-likeness (QED) is 0.733. The molecule has 0 amide bonds. The van der Waals surface area contributed by atoms with E-state index in [1.807, 2.05) is 12.1 Å². The number of rotatable bonds is 5. The standard InChI is InChI=1S/C15H20Br2N2O/c1-2-3-4-13(19-7-5-18-6-8-19)15-12(17)9-11(16)10-14(15)20/h2,9-10,13,18,20H,1,3-8H2/t13-/m1/s1. The molecule has 5 heteroatoms. The molecular weight excluding hydrogens is 384 g/mol. The molecule has 0 spiro atoms. The lowest BCUT2D eigenvalue weighted by Gasteiger charge is -2.36. The van der Waals surface area contributed by atoms with Gasteiger partial charge in [-0.15, -0.1) is 6.58 Å². The van der Waals surface area contributed by atoms with Crippen LogP contribution in [0, 0.1) is 0 Å². The largest absolute Gasteiger partial charge is 0.508 e. The fourth-order valence-corrected chi connectivity index (χ4v) is 4.15. The monoisotopic (exact) mass is 402 g/mol. The van der Waals surface area contributed by atoms with E-state index >= 15 is 0 Å². The number of hydrogen-bond donors (Lipinski definition) is 2. The van der Waals surface area contributed by atoms with E-state index in [1.54, 1.807) is 6.07 Å². The second-order valence-corrected chi connectivity index (χ2v) is 6.76. The zero-order chi connectivity index (χ0) is 14.5. The molecule has 0 unspecified atom stereocenters. The van der Waals surface area contributed by atoms with Crippen LogP contribution in [0.25, 0.3) is 0 Å². The molecule has 20 heavy (non-hydrogen) atoms. The Hall–Kier alpha value is -0.360. The number of nitrogens with zero attached hydrogens (tertiary/aromatic N) is 1. The van der Waals surface area contributed by atoms with E-state index < -0.39 is 0 Å². The highest BCUT2D eigenvalue weighted by Gasteiger charge is 2.26. The Balaban J connectivity index is 2.32. The van der Waals surface area contributed by atoms with Gasteiger partial charge >= 0.3 is 0 Å². The Morgan fingerprint density at radius 2 is 2.05 bits per heavy atom. The average Bonchev–Trinajstić information content (AvgIpc) is 2.42. The molecule has 0 aliphatic carbocycles. The summed E-state index contributed by atoms with van der Waals surface area (Å²) >= 11 is 7.01. The van der Waals surface area contributed by atoms with Crippen LogP contribution in [0.2, 0.25) is 0 Å². The Morgan fingerprint density at radius 1 is 1.35 bits per heavy atom. The van der Waals surface area contributed by atoms with Crippen molar-refractivity contribution in [2.75, 3.05) is 26.2 Å². The molecule has 0 aromatic heterocycles. The van der Waals surface area contributed by atoms with Gasteiger partial charge in [0.15, 0.2) is 0 Å². The fraction of sp³-hybridized carbons (Fsp3) is 0.467. The minimum atomic E-state index is 0.220. The number of aromatic hydroxyl groups is 1. The Morgan fingerprint density at radius 3 is 2.65 bits per heavy atom. The van der Waals surface area contributed by atoms with E-state index in [0.717, 1.165) is 53.5 Å². The van der Waals surface area contributed by atoms with E-state index in [-0.39, 0.29) is 6.04 Å². The summed E-state index contributed by atoms with van der Waals surface area (Å²) < 4.78 is 1.84. The third kappa shape index (κ3) is 3.85. The number of allylic oxidation sites excluding steroid dienone is 1. The number of phenols is 1. The number of nitrogens with one attached hydrogen (secondary N) is 1. The van der Waals surface area contributed by atoms with E-state index in [9.17, 15) is 5.11 Å². The Bertz CT molecular complexity index is 450. The van der Waals surface area contributed by atoms with Gasteiger partial charge in [0.25, 0.3) is 0 Å². The summed E-state index contributed by atoms with van der Waals surface area (Å²) in [6, 6.07) is 3.99. The highest BCUT2D eigenvalue weighted by atomic mass is 79.9. The van der Waals surface area contributed by atoms with Gasteiger partial charge in [0.05, 0.1) is 0 Å². The molecular formula is C15H20Br2N2O. The van der Waals surface area contributed by atoms with Crippen molar-refractivity contribution in [2.45, 2.75) is 18.9 Å². The van der Waals surface area contributed by atoms with Gasteiger partial charge in [0, 0.05) is 46.7 Å². The van der Waals surface area contributed by atoms with Gasteiger partial charge in [-0.05, 0) is 25.0 Å². The van der Waals surface area contributed by atoms with Crippen LogP contribution >= 0.6 is 31.9 Å². The van der Waals surface area contributed by atoms with Gasteiger partial charge in [-0.1, -0.05) is 37.9 Å². The number of benzene rings is 1. The topological polar surface area (TPSA) is 35.5 Å². The van der Waals surface area contributed by atoms with Crippen LogP contribution in [0.3, 0.4) is 0 Å². The van der Waals surface area contributed by atoms with E-state index in [0.29, 0.717) is 5.75 Å². The summed E-state index contributed by atoms with van der Waals surface area (Å²) in [5.74, 6) is 0.346. The zero-order valence-corrected chi connectivity index (χ0v) is 14.6. The lowest BCUT2D eigenvalue weighted by Crippen LogP contribution is -2.45. The highest BCUT2D eigenvalue weighted by Crippen LogP contribution is 2.39. The molecule has 1 atom stereocenters. The maximum absolute atomic E-state index is 10.3. The number of phenolic OH excluding ortho intramolecular Hbond substituents is 1. The summed E-state index contributed by atoms with van der Waals surface area (Å²) in [4.78, 5) is 2.44. The maximum Gasteiger partial charge on any atom is 0.122 e. The van der Waals surface area contributed by atoms with Crippen LogP contribution in [-0.4, -0.2) is 36.2 Å². The van der Waals surface area contributed by atoms with Crippen molar-refractivity contribution in [3.8, 4) is 5.75 Å². The van der Waals surface area contributed by atoms with E-state index in [2.05, 4.69) is 48.7 Å². The summed E-state index contributed by atoms with van der Waals surface area (Å²) in [6.45, 7) is 7.82. The molecule has 1 fully saturated rings. The number of hydrogen-bond acceptors (Lipinski definition) is 3. The molecule has 3 nitrogen and oxygen atoms in total. The zero-order valence-electron chi connectivity index (χ0n) is 11.4. The van der Waals surface area contributed by atoms with Crippen LogP contribution < -0.4 is 5.32 Å². The predicted octanol–water partition coefficient (Wildman–Crippen LogP) is 3.83. The first-order valence-corrected chi connectivity index (χ1v) is 8.45. The van der Waals surface area contributed by atoms with Crippen LogP contribution in [0.5, 0.6) is 5.75 Å². The van der Waals surface area contributed by atoms with Gasteiger partial charge in [0.2, 0.25) is 0 Å². The molecule has 1 aliphatic heterocycles. The van der Waals surface area contributed by atoms with Crippen molar-refractivity contribution in [1.29, 1.82) is 0 Å². The number of piperazine rings is 1. The SMILES string of the molecule is C=CCC[C@H](c1c(O)cc(Br)cc1Br)N1CCNCC1. The molecule has 0 radical (unpaired) electrons. The first kappa shape index (κ1) is 16.0. The third-order valence-corrected chi connectivity index (χ3v) is 4.76. The molecule has 1 aromatic carbocycles. The molecule has 1 aliphatic rings. The fourth-order valence-electron chi connectivity index (χ4n) is 2.68. The van der Waals surface area contributed by atoms with Crippen LogP contribution in [0.1, 0.15) is 24.4 Å². The summed E-state index contributed by atoms with van der Waals surface area (Å²) in [7, 11) is 0. The second kappa shape index (κ2) is 7.59. The van der Waals surface area contributed by atoms with Crippen LogP contribution in [0.4, 0.5) is 0 Å². The third-order valence-electron chi connectivity index (χ3n) is 3.64. The smallest absolute Gasteiger partial charge is 0.122 e. The second-order valence-electron chi connectivity index (χ2n) is 4.99. The molecule has 0 saturated carbocycles. The molecule has 1 saturated heterocycles. The average molecular weight is 404 g/mol. The minimum absolute atomic E-state index is 0.220. The normalized spacial score (nSPS) is 17.9. The Kier molecular flexibility index (Phi) is 6.08. The van der Waals surface area contributed by atoms with Crippen molar-refractivity contribution >= 4 is 31.9 Å². The summed E-state index contributed by atoms with van der Waals surface area (Å²) in [5, 5.41) is 13.7. The molecule has 0 bridgehead atoms. The van der Waals surface area contributed by atoms with Crippen molar-refractivity contribution < 1.29 is 5.11 Å². The van der Waals surface area contributed by atoms with Gasteiger partial charge in [-0.3, -0.25) is 4.90 Å². The molecule has 110 valence electrons. The molecule has 2 N–H and O–H groups in total. The number of halogens is 2. The summed E-state index contributed by atoms with van der Waals surface area (Å²) in [5.41, 5.74) is 0.983. The first-order chi connectivity index (χ1) is 9.63. The van der Waals surface area contributed by atoms with Crippen molar-refractivity contribution in [3.63, 3.8) is 0 Å². The maximum atomic E-state index is 10.3. The van der Waals surface area contributed by atoms with E-state index in [4.69, 9.17) is 0 Å². The lowest BCUT2D eigenvalue weighted by atomic mass is 9.98. The van der Waals surface area contributed by atoms with Crippen molar-refractivity contribution in [2.24, 2.45) is 0 Å². The first-order valence-electron chi connectivity index (χ1n) is 6.87. The molecule has 1 heterocycles. The lowest BCUT2D eigenvalue weighted by molar-refractivity contribution is 0.163. The molecule has 2 rings (SSSR count). The van der Waals surface area contributed by atoms with Crippen molar-refractivity contribution in [3.05, 3.63) is 39.3 Å². The predicted molar refractivity (Wildman–Crippen MR) is 90.1 cm³/mol. The summed E-state index contributed by atoms with van der Waals surface area (Å²) in [6.07, 6.45) is 3.85. The van der Waals surface area contributed by atoms with Crippen LogP contribution in [0.15, 0.2) is 33.7 Å². The highest BCUT2D eigenvalue weighted by molar-refractivity contribution is 9.11. The minimum Gasteiger partial charge on any atom is -0.508 e. The van der Waals surface area contributed by atoms with Gasteiger partial charge in [0.1, 0.15) is 5.75 Å². The van der Waals surface area contributed by atoms with Crippen LogP contribution in [-0.2, 0) is 0 Å². The van der Waals surface area contributed by atoms with Crippen molar-refractivity contribution in [1.82, 2.24) is 10.2 Å². The van der Waals surface area contributed by atoms with Gasteiger partial charge in [-0.25, -0.2) is 0 Å². The Labute approximate surface area is 137 Å².